The molecule has 0 fully saturated rings. The third kappa shape index (κ3) is 25.9. The van der Waals surface area contributed by atoms with E-state index in [0.29, 0.717) is 0 Å². The van der Waals surface area contributed by atoms with Crippen LogP contribution in [-0.4, -0.2) is 4.58 Å². The van der Waals surface area contributed by atoms with Crippen molar-refractivity contribution in [1.82, 2.24) is 0 Å². The minimum absolute atomic E-state index is 0.139. The van der Waals surface area contributed by atoms with Crippen LogP contribution in [0.4, 0.5) is 0 Å². The molecule has 0 aromatic carbocycles. The van der Waals surface area contributed by atoms with Crippen LogP contribution in [0.15, 0.2) is 0 Å². The van der Waals surface area contributed by atoms with E-state index in [1.165, 1.54) is 165 Å². The highest BCUT2D eigenvalue weighted by atomic mass is 32.2. The monoisotopic (exact) mass is 480 g/mol. The molecule has 0 amide bonds. The second-order valence-corrected chi connectivity index (χ2v) is 11.7. The Hall–Kier alpha value is -0.320. The van der Waals surface area contributed by atoms with Gasteiger partial charge in [0.05, 0.1) is 4.58 Å². The Kier molecular flexibility index (Phi) is 28.4. The van der Waals surface area contributed by atoms with Crippen molar-refractivity contribution in [1.29, 1.82) is 10.5 Å². The lowest BCUT2D eigenvalue weighted by Crippen LogP contribution is -1.94. The van der Waals surface area contributed by atoms with E-state index in [2.05, 4.69) is 17.7 Å². The maximum absolute atomic E-state index is 8.74. The van der Waals surface area contributed by atoms with Crippen LogP contribution >= 0.6 is 23.5 Å². The quantitative estimate of drug-likeness (QED) is 0.0701. The average Bonchev–Trinajstić information content (AvgIpc) is 2.79. The summed E-state index contributed by atoms with van der Waals surface area (Å²) >= 11 is 2.48. The molecule has 186 valence electrons. The van der Waals surface area contributed by atoms with Crippen LogP contribution in [0.5, 0.6) is 0 Å². The van der Waals surface area contributed by atoms with Crippen LogP contribution in [-0.2, 0) is 0 Å². The molecule has 32 heavy (non-hydrogen) atoms. The molecular weight excluding hydrogens is 428 g/mol. The Morgan fingerprint density at radius 2 is 0.688 bits per heavy atom. The molecule has 0 saturated heterocycles. The van der Waals surface area contributed by atoms with Gasteiger partial charge in [-0.25, -0.2) is 0 Å². The Bertz CT molecular complexity index is 426. The lowest BCUT2D eigenvalue weighted by Gasteiger charge is -2.07. The Balaban J connectivity index is 3.12. The van der Waals surface area contributed by atoms with Gasteiger partial charge in [-0.2, -0.15) is 10.5 Å². The van der Waals surface area contributed by atoms with Crippen molar-refractivity contribution in [2.45, 2.75) is 166 Å². The summed E-state index contributed by atoms with van der Waals surface area (Å²) in [5.41, 5.74) is 0. The molecule has 0 radical (unpaired) electrons. The summed E-state index contributed by atoms with van der Waals surface area (Å²) in [5, 5.41) is 21.7. The smallest absolute Gasteiger partial charge is 0.134 e. The molecule has 0 saturated carbocycles. The molecule has 4 heteroatoms. The lowest BCUT2D eigenvalue weighted by molar-refractivity contribution is 0.517. The fourth-order valence-electron chi connectivity index (χ4n) is 4.36. The van der Waals surface area contributed by atoms with Crippen LogP contribution in [0.1, 0.15) is 161 Å². The minimum atomic E-state index is 0.139. The van der Waals surface area contributed by atoms with Gasteiger partial charge in [-0.05, 0) is 29.9 Å². The van der Waals surface area contributed by atoms with Gasteiger partial charge in [0.25, 0.3) is 0 Å². The second-order valence-electron chi connectivity index (χ2n) is 9.41. The molecule has 2 nitrogen and oxygen atoms in total. The van der Waals surface area contributed by atoms with E-state index in [1.807, 2.05) is 0 Å². The lowest BCUT2D eigenvalue weighted by atomic mass is 10.0. The SMILES string of the molecule is CCCCCCCCCCCCCCCCCCCCCCCCCC(SC#N)SC#N. The van der Waals surface area contributed by atoms with Gasteiger partial charge in [-0.15, -0.1) is 0 Å². The zero-order valence-corrected chi connectivity index (χ0v) is 22.9. The number of nitrogens with zero attached hydrogens (tertiary/aromatic N) is 2. The first-order chi connectivity index (χ1) is 15.8. The Morgan fingerprint density at radius 1 is 0.438 bits per heavy atom. The maximum Gasteiger partial charge on any atom is 0.134 e. The molecule has 0 aromatic rings. The number of rotatable bonds is 26. The predicted octanol–water partition coefficient (Wildman–Crippen LogP) is 11.1. The molecule has 0 aliphatic rings. The summed E-state index contributed by atoms with van der Waals surface area (Å²) < 4.78 is 0.139. The number of thioether (sulfide) groups is 2. The first kappa shape index (κ1) is 31.7. The zero-order chi connectivity index (χ0) is 23.4. The molecule has 0 aromatic heterocycles. The summed E-state index contributed by atoms with van der Waals surface area (Å²) in [5.74, 6) is 0. The number of hydrogen-bond donors (Lipinski definition) is 0. The molecule has 0 spiro atoms. The standard InChI is InChI=1S/C28H52N2S2/c1-2-3-4-5-6-7-8-9-10-11-12-13-14-15-16-17-18-19-20-21-22-23-24-25-28(31-26-29)32-27-30/h28H,2-25H2,1H3. The zero-order valence-electron chi connectivity index (χ0n) is 21.3. The maximum atomic E-state index is 8.74. The van der Waals surface area contributed by atoms with Crippen molar-refractivity contribution in [3.05, 3.63) is 0 Å². The normalized spacial score (nSPS) is 11.0. The van der Waals surface area contributed by atoms with Crippen molar-refractivity contribution in [3.8, 4) is 10.8 Å². The molecule has 0 aliphatic heterocycles. The predicted molar refractivity (Wildman–Crippen MR) is 147 cm³/mol. The van der Waals surface area contributed by atoms with Crippen molar-refractivity contribution in [3.63, 3.8) is 0 Å². The number of nitriles is 2. The van der Waals surface area contributed by atoms with Crippen LogP contribution in [0.3, 0.4) is 0 Å². The summed E-state index contributed by atoms with van der Waals surface area (Å²) in [4.78, 5) is 0. The van der Waals surface area contributed by atoms with E-state index in [1.54, 1.807) is 0 Å². The van der Waals surface area contributed by atoms with Crippen LogP contribution < -0.4 is 0 Å². The van der Waals surface area contributed by atoms with E-state index in [0.717, 1.165) is 12.8 Å². The molecule has 0 atom stereocenters. The molecule has 0 aliphatic carbocycles. The molecule has 0 unspecified atom stereocenters. The second kappa shape index (κ2) is 28.7. The van der Waals surface area contributed by atoms with Crippen molar-refractivity contribution < 1.29 is 0 Å². The molecule has 0 N–H and O–H groups in total. The number of hydrogen-bond acceptors (Lipinski definition) is 4. The fourth-order valence-corrected chi connectivity index (χ4v) is 5.61. The highest BCUT2D eigenvalue weighted by Crippen LogP contribution is 2.27. The Morgan fingerprint density at radius 3 is 0.938 bits per heavy atom. The van der Waals surface area contributed by atoms with Crippen LogP contribution in [0.2, 0.25) is 0 Å². The highest BCUT2D eigenvalue weighted by Gasteiger charge is 2.09. The van der Waals surface area contributed by atoms with E-state index >= 15 is 0 Å². The fraction of sp³-hybridized carbons (Fsp3) is 0.929. The largest absolute Gasteiger partial charge is 0.185 e. The van der Waals surface area contributed by atoms with Gasteiger partial charge in [0.2, 0.25) is 0 Å². The van der Waals surface area contributed by atoms with Gasteiger partial charge in [0, 0.05) is 0 Å². The van der Waals surface area contributed by atoms with Crippen LogP contribution in [0, 0.1) is 21.3 Å². The topological polar surface area (TPSA) is 47.6 Å². The minimum Gasteiger partial charge on any atom is -0.185 e. The molecular formula is C28H52N2S2. The first-order valence-corrected chi connectivity index (χ1v) is 15.7. The van der Waals surface area contributed by atoms with Gasteiger partial charge in [0.15, 0.2) is 0 Å². The van der Waals surface area contributed by atoms with Crippen LogP contribution in [0.25, 0.3) is 0 Å². The van der Waals surface area contributed by atoms with Gasteiger partial charge < -0.3 is 0 Å². The summed E-state index contributed by atoms with van der Waals surface area (Å²) in [6.45, 7) is 2.29. The average molecular weight is 481 g/mol. The summed E-state index contributed by atoms with van der Waals surface area (Å²) in [6.07, 6.45) is 33.4. The molecule has 0 rings (SSSR count). The number of thiocyanates is 2. The van der Waals surface area contributed by atoms with Gasteiger partial charge >= 0.3 is 0 Å². The van der Waals surface area contributed by atoms with E-state index < -0.39 is 0 Å². The van der Waals surface area contributed by atoms with Gasteiger partial charge in [-0.3, -0.25) is 0 Å². The first-order valence-electron chi connectivity index (χ1n) is 13.9. The molecule has 0 bridgehead atoms. The van der Waals surface area contributed by atoms with Gasteiger partial charge in [-0.1, -0.05) is 155 Å². The van der Waals surface area contributed by atoms with E-state index in [4.69, 9.17) is 10.5 Å². The molecule has 0 heterocycles. The summed E-state index contributed by atoms with van der Waals surface area (Å²) in [6, 6.07) is 0. The van der Waals surface area contributed by atoms with E-state index in [-0.39, 0.29) is 4.58 Å². The van der Waals surface area contributed by atoms with Crippen molar-refractivity contribution in [2.75, 3.05) is 0 Å². The highest BCUT2D eigenvalue weighted by molar-refractivity contribution is 8.21. The number of unbranched alkanes of at least 4 members (excludes halogenated alkanes) is 22. The van der Waals surface area contributed by atoms with Gasteiger partial charge in [0.1, 0.15) is 10.8 Å². The van der Waals surface area contributed by atoms with Crippen molar-refractivity contribution >= 4 is 23.5 Å². The third-order valence-corrected chi connectivity index (χ3v) is 8.20. The third-order valence-electron chi connectivity index (χ3n) is 6.41. The van der Waals surface area contributed by atoms with Crippen molar-refractivity contribution in [2.24, 2.45) is 0 Å². The Labute approximate surface area is 210 Å². The van der Waals surface area contributed by atoms with E-state index in [9.17, 15) is 0 Å². The summed E-state index contributed by atoms with van der Waals surface area (Å²) in [7, 11) is 0.